The smallest absolute Gasteiger partial charge is 0.333 e. The van der Waals surface area contributed by atoms with Gasteiger partial charge in [-0.1, -0.05) is 24.3 Å². The first-order chi connectivity index (χ1) is 20.5. The molecule has 2 aromatic carbocycles. The van der Waals surface area contributed by atoms with Crippen molar-refractivity contribution in [1.29, 1.82) is 5.41 Å². The van der Waals surface area contributed by atoms with Gasteiger partial charge in [-0.3, -0.25) is 10.2 Å². The lowest BCUT2D eigenvalue weighted by Gasteiger charge is -2.14. The number of guanidine groups is 1. The third kappa shape index (κ3) is 12.4. The summed E-state index contributed by atoms with van der Waals surface area (Å²) < 4.78 is 13.5. The Morgan fingerprint density at radius 1 is 1.05 bits per heavy atom. The van der Waals surface area contributed by atoms with Gasteiger partial charge in [0.05, 0.1) is 6.54 Å². The van der Waals surface area contributed by atoms with E-state index in [0.717, 1.165) is 17.9 Å². The Bertz CT molecular complexity index is 1300. The number of aryl methyl sites for hydroxylation is 1. The average molecular weight is 614 g/mol. The number of ether oxygens (including phenoxy) is 2. The minimum Gasteiger partial charge on any atom is -0.492 e. The SMILES string of the molecule is CCO[C@@H](Cc1ccc(OCCn2c(C)ccc2-c2ccc(SC)cc2)cc1)C(=O)O.N=C(N)NCCCC(N)C(=O)O. The molecule has 1 unspecified atom stereocenters. The molecule has 1 heterocycles. The van der Waals surface area contributed by atoms with Gasteiger partial charge in [0.2, 0.25) is 0 Å². The minimum atomic E-state index is -1.00. The quantitative estimate of drug-likeness (QED) is 0.0598. The van der Waals surface area contributed by atoms with E-state index < -0.39 is 24.1 Å². The van der Waals surface area contributed by atoms with Gasteiger partial charge in [-0.15, -0.1) is 11.8 Å². The number of rotatable bonds is 16. The maximum atomic E-state index is 11.3. The number of nitrogens with two attached hydrogens (primary N) is 2. The molecular formula is C31H43N5O6S. The molecule has 0 bridgehead atoms. The first-order valence-corrected chi connectivity index (χ1v) is 15.2. The number of benzene rings is 2. The fraction of sp³-hybridized carbons (Fsp3) is 0.387. The van der Waals surface area contributed by atoms with Gasteiger partial charge in [-0.25, -0.2) is 4.79 Å². The number of hydrogen-bond donors (Lipinski definition) is 6. The zero-order chi connectivity index (χ0) is 31.8. The molecule has 3 aromatic rings. The number of carboxylic acid groups (broad SMARTS) is 2. The van der Waals surface area contributed by atoms with E-state index >= 15 is 0 Å². The zero-order valence-electron chi connectivity index (χ0n) is 24.9. The van der Waals surface area contributed by atoms with Crippen LogP contribution < -0.4 is 21.5 Å². The van der Waals surface area contributed by atoms with Gasteiger partial charge in [0.25, 0.3) is 0 Å². The normalized spacial score (nSPS) is 12.0. The molecule has 0 saturated carbocycles. The van der Waals surface area contributed by atoms with Crippen molar-refractivity contribution in [2.75, 3.05) is 26.0 Å². The van der Waals surface area contributed by atoms with Crippen molar-refractivity contribution >= 4 is 29.7 Å². The lowest BCUT2D eigenvalue weighted by molar-refractivity contribution is -0.150. The van der Waals surface area contributed by atoms with Crippen LogP contribution in [0.15, 0.2) is 65.6 Å². The van der Waals surface area contributed by atoms with Gasteiger partial charge in [0.15, 0.2) is 12.1 Å². The minimum absolute atomic E-state index is 0.112. The van der Waals surface area contributed by atoms with E-state index in [0.29, 0.717) is 39.0 Å². The number of carbonyl (C=O) groups is 2. The molecule has 2 atom stereocenters. The van der Waals surface area contributed by atoms with E-state index in [-0.39, 0.29) is 5.96 Å². The van der Waals surface area contributed by atoms with E-state index in [9.17, 15) is 14.7 Å². The molecule has 0 saturated heterocycles. The Balaban J connectivity index is 0.000000455. The van der Waals surface area contributed by atoms with Crippen molar-refractivity contribution in [3.63, 3.8) is 0 Å². The Labute approximate surface area is 257 Å². The molecule has 3 rings (SSSR count). The largest absolute Gasteiger partial charge is 0.492 e. The number of aromatic nitrogens is 1. The first-order valence-electron chi connectivity index (χ1n) is 14.0. The van der Waals surface area contributed by atoms with Gasteiger partial charge in [-0.2, -0.15) is 0 Å². The van der Waals surface area contributed by atoms with E-state index in [1.807, 2.05) is 24.3 Å². The number of aliphatic carboxylic acids is 2. The van der Waals surface area contributed by atoms with E-state index in [4.69, 9.17) is 31.5 Å². The van der Waals surface area contributed by atoms with Crippen LogP contribution in [-0.4, -0.2) is 70.8 Å². The topological polar surface area (TPSA) is 186 Å². The van der Waals surface area contributed by atoms with Crippen LogP contribution in [0.3, 0.4) is 0 Å². The van der Waals surface area contributed by atoms with Crippen molar-refractivity contribution < 1.29 is 29.3 Å². The summed E-state index contributed by atoms with van der Waals surface area (Å²) in [4.78, 5) is 22.7. The molecule has 0 amide bonds. The van der Waals surface area contributed by atoms with E-state index in [1.54, 1.807) is 18.7 Å². The van der Waals surface area contributed by atoms with Gasteiger partial charge in [-0.05, 0) is 80.5 Å². The molecule has 12 heteroatoms. The Hall–Kier alpha value is -4.00. The van der Waals surface area contributed by atoms with Crippen LogP contribution in [-0.2, 0) is 27.3 Å². The molecule has 234 valence electrons. The average Bonchev–Trinajstić information content (AvgIpc) is 3.35. The summed E-state index contributed by atoms with van der Waals surface area (Å²) in [6, 6.07) is 19.6. The van der Waals surface area contributed by atoms with Crippen LogP contribution in [0, 0.1) is 12.3 Å². The maximum Gasteiger partial charge on any atom is 0.333 e. The molecular weight excluding hydrogens is 570 g/mol. The fourth-order valence-corrected chi connectivity index (χ4v) is 4.57. The Kier molecular flexibility index (Phi) is 15.2. The molecule has 8 N–H and O–H groups in total. The standard InChI is InChI=1S/C25H29NO4S.C6H14N4O2/c1-4-29-24(25(27)28)17-19-6-10-21(11-7-19)30-16-15-26-18(2)5-14-23(26)20-8-12-22(31-3)13-9-20;7-4(5(11)12)2-1-3-10-6(8)9/h5-14,24H,4,15-17H2,1-3H3,(H,27,28);4H,1-3,7H2,(H,11,12)(H4,8,9,10)/t24-;/m0./s1. The molecule has 0 aliphatic rings. The van der Waals surface area contributed by atoms with Gasteiger partial charge < -0.3 is 41.0 Å². The summed E-state index contributed by atoms with van der Waals surface area (Å²) in [6.07, 6.45) is 2.57. The number of nitrogens with one attached hydrogen (secondary N) is 2. The van der Waals surface area contributed by atoms with Crippen LogP contribution in [0.5, 0.6) is 5.75 Å². The maximum absolute atomic E-state index is 11.3. The third-order valence-corrected chi connectivity index (χ3v) is 7.22. The highest BCUT2D eigenvalue weighted by molar-refractivity contribution is 7.98. The fourth-order valence-electron chi connectivity index (χ4n) is 4.16. The molecule has 1 aromatic heterocycles. The van der Waals surface area contributed by atoms with Crippen molar-refractivity contribution in [2.45, 2.75) is 56.7 Å². The molecule has 11 nitrogen and oxygen atoms in total. The van der Waals surface area contributed by atoms with Crippen LogP contribution in [0.4, 0.5) is 0 Å². The van der Waals surface area contributed by atoms with Crippen molar-refractivity contribution in [3.8, 4) is 17.0 Å². The summed E-state index contributed by atoms with van der Waals surface area (Å²) in [6.45, 7) is 6.04. The Morgan fingerprint density at radius 2 is 1.72 bits per heavy atom. The number of hydrogen-bond acceptors (Lipinski definition) is 7. The lowest BCUT2D eigenvalue weighted by atomic mass is 10.1. The molecule has 0 spiro atoms. The zero-order valence-corrected chi connectivity index (χ0v) is 25.7. The van der Waals surface area contributed by atoms with Gasteiger partial charge in [0.1, 0.15) is 18.4 Å². The molecule has 0 radical (unpaired) electrons. The second kappa shape index (κ2) is 18.5. The van der Waals surface area contributed by atoms with E-state index in [1.165, 1.54) is 21.8 Å². The first kappa shape index (κ1) is 35.2. The summed E-state index contributed by atoms with van der Waals surface area (Å²) in [7, 11) is 0. The Morgan fingerprint density at radius 3 is 2.28 bits per heavy atom. The van der Waals surface area contributed by atoms with Gasteiger partial charge >= 0.3 is 11.9 Å². The molecule has 0 fully saturated rings. The monoisotopic (exact) mass is 613 g/mol. The summed E-state index contributed by atoms with van der Waals surface area (Å²) in [5.41, 5.74) is 14.7. The highest BCUT2D eigenvalue weighted by Crippen LogP contribution is 2.25. The summed E-state index contributed by atoms with van der Waals surface area (Å²) in [5, 5.41) is 26.9. The molecule has 0 aliphatic carbocycles. The van der Waals surface area contributed by atoms with Gasteiger partial charge in [0, 0.05) is 35.9 Å². The predicted octanol–water partition coefficient (Wildman–Crippen LogP) is 3.96. The lowest BCUT2D eigenvalue weighted by Crippen LogP contribution is -2.34. The van der Waals surface area contributed by atoms with Crippen molar-refractivity contribution in [2.24, 2.45) is 11.5 Å². The molecule has 43 heavy (non-hydrogen) atoms. The second-order valence-electron chi connectivity index (χ2n) is 9.65. The van der Waals surface area contributed by atoms with Crippen LogP contribution in [0.1, 0.15) is 31.0 Å². The van der Waals surface area contributed by atoms with Crippen LogP contribution >= 0.6 is 11.8 Å². The predicted molar refractivity (Wildman–Crippen MR) is 170 cm³/mol. The second-order valence-corrected chi connectivity index (χ2v) is 10.5. The van der Waals surface area contributed by atoms with Crippen LogP contribution in [0.25, 0.3) is 11.3 Å². The van der Waals surface area contributed by atoms with Crippen molar-refractivity contribution in [3.05, 3.63) is 71.9 Å². The van der Waals surface area contributed by atoms with Crippen LogP contribution in [0.2, 0.25) is 0 Å². The van der Waals surface area contributed by atoms with E-state index in [2.05, 4.69) is 59.5 Å². The number of carboxylic acids is 2. The highest BCUT2D eigenvalue weighted by atomic mass is 32.2. The number of thioether (sulfide) groups is 1. The summed E-state index contributed by atoms with van der Waals surface area (Å²) >= 11 is 1.74. The highest BCUT2D eigenvalue weighted by Gasteiger charge is 2.18. The van der Waals surface area contributed by atoms with Crippen molar-refractivity contribution in [1.82, 2.24) is 9.88 Å². The third-order valence-electron chi connectivity index (χ3n) is 6.48. The molecule has 0 aliphatic heterocycles. The number of nitrogens with zero attached hydrogens (tertiary/aromatic N) is 1. The summed E-state index contributed by atoms with van der Waals surface area (Å²) in [5.74, 6) is -1.29.